The minimum Gasteiger partial charge on any atom is -0.496 e. The molecule has 1 aliphatic heterocycles. The lowest BCUT2D eigenvalue weighted by Crippen LogP contribution is -2.28. The predicted molar refractivity (Wildman–Crippen MR) is 112 cm³/mol. The van der Waals surface area contributed by atoms with Gasteiger partial charge in [0.05, 0.1) is 17.8 Å². The van der Waals surface area contributed by atoms with Gasteiger partial charge in [0.15, 0.2) is 9.84 Å². The van der Waals surface area contributed by atoms with Crippen molar-refractivity contribution < 1.29 is 13.2 Å². The van der Waals surface area contributed by atoms with Gasteiger partial charge in [-0.1, -0.05) is 24.3 Å². The second-order valence-corrected chi connectivity index (χ2v) is 10.2. The van der Waals surface area contributed by atoms with E-state index < -0.39 is 9.84 Å². The van der Waals surface area contributed by atoms with Crippen LogP contribution in [0.25, 0.3) is 0 Å². The van der Waals surface area contributed by atoms with Crippen LogP contribution in [-0.4, -0.2) is 46.3 Å². The van der Waals surface area contributed by atoms with Crippen molar-refractivity contribution in [2.24, 2.45) is 0 Å². The molecule has 4 nitrogen and oxygen atoms in total. The standard InChI is InChI=1S/C23H29NO3S/c1-24(13-11-17-9-10-18-12-14-28(25,26)23(18)15-17)16-19-5-3-7-21-20(19)6-4-8-22(21)27-2/h4,6,8-10,15,19H,3,5,7,11-14,16H2,1-2H3. The zero-order chi connectivity index (χ0) is 19.7. The molecule has 5 heteroatoms. The Balaban J connectivity index is 1.41. The van der Waals surface area contributed by atoms with Crippen molar-refractivity contribution in [1.82, 2.24) is 4.90 Å². The lowest BCUT2D eigenvalue weighted by Gasteiger charge is -2.30. The highest BCUT2D eigenvalue weighted by Crippen LogP contribution is 2.37. The molecule has 0 saturated carbocycles. The Bertz CT molecular complexity index is 968. The van der Waals surface area contributed by atoms with Gasteiger partial charge in [0.2, 0.25) is 0 Å². The van der Waals surface area contributed by atoms with E-state index in [0.29, 0.717) is 17.2 Å². The van der Waals surface area contributed by atoms with Crippen molar-refractivity contribution in [3.05, 3.63) is 58.7 Å². The highest BCUT2D eigenvalue weighted by Gasteiger charge is 2.26. The monoisotopic (exact) mass is 399 g/mol. The van der Waals surface area contributed by atoms with E-state index in [0.717, 1.165) is 42.8 Å². The van der Waals surface area contributed by atoms with E-state index in [1.807, 2.05) is 12.1 Å². The maximum atomic E-state index is 12.2. The maximum absolute atomic E-state index is 12.2. The molecule has 1 heterocycles. The van der Waals surface area contributed by atoms with Crippen LogP contribution >= 0.6 is 0 Å². The lowest BCUT2D eigenvalue weighted by molar-refractivity contribution is 0.299. The first-order chi connectivity index (χ1) is 13.5. The van der Waals surface area contributed by atoms with E-state index in [1.165, 1.54) is 24.0 Å². The van der Waals surface area contributed by atoms with E-state index in [9.17, 15) is 8.42 Å². The molecule has 2 aromatic rings. The summed E-state index contributed by atoms with van der Waals surface area (Å²) in [6.07, 6.45) is 5.04. The third-order valence-electron chi connectivity index (χ3n) is 6.23. The van der Waals surface area contributed by atoms with Gasteiger partial charge in [-0.2, -0.15) is 0 Å². The number of ether oxygens (including phenoxy) is 1. The zero-order valence-corrected chi connectivity index (χ0v) is 17.6. The summed E-state index contributed by atoms with van der Waals surface area (Å²) in [6.45, 7) is 1.94. The Kier molecular flexibility index (Phi) is 5.48. The van der Waals surface area contributed by atoms with Gasteiger partial charge in [0, 0.05) is 13.1 Å². The van der Waals surface area contributed by atoms with Crippen LogP contribution in [0.4, 0.5) is 0 Å². The number of nitrogens with zero attached hydrogens (tertiary/aromatic N) is 1. The summed E-state index contributed by atoms with van der Waals surface area (Å²) in [4.78, 5) is 2.93. The average Bonchev–Trinajstić information content (AvgIpc) is 3.00. The number of benzene rings is 2. The van der Waals surface area contributed by atoms with Crippen LogP contribution in [0.3, 0.4) is 0 Å². The molecule has 150 valence electrons. The van der Waals surface area contributed by atoms with Gasteiger partial charge in [-0.15, -0.1) is 0 Å². The van der Waals surface area contributed by atoms with E-state index in [1.54, 1.807) is 7.11 Å². The molecule has 0 amide bonds. The summed E-state index contributed by atoms with van der Waals surface area (Å²) >= 11 is 0. The Morgan fingerprint density at radius 1 is 1.18 bits per heavy atom. The molecule has 2 aliphatic rings. The first-order valence-corrected chi connectivity index (χ1v) is 11.8. The van der Waals surface area contributed by atoms with E-state index >= 15 is 0 Å². The number of methoxy groups -OCH3 is 1. The van der Waals surface area contributed by atoms with Crippen LogP contribution in [0.1, 0.15) is 41.0 Å². The molecule has 0 saturated heterocycles. The topological polar surface area (TPSA) is 46.6 Å². The Labute approximate surface area is 168 Å². The first-order valence-electron chi connectivity index (χ1n) is 10.2. The smallest absolute Gasteiger partial charge is 0.178 e. The van der Waals surface area contributed by atoms with Crippen LogP contribution in [0.15, 0.2) is 41.3 Å². The fourth-order valence-corrected chi connectivity index (χ4v) is 6.30. The van der Waals surface area contributed by atoms with Gasteiger partial charge in [-0.3, -0.25) is 0 Å². The summed E-state index contributed by atoms with van der Waals surface area (Å²) < 4.78 is 29.9. The van der Waals surface area contributed by atoms with Crippen molar-refractivity contribution >= 4 is 9.84 Å². The normalized spacial score (nSPS) is 20.0. The minimum atomic E-state index is -3.05. The largest absolute Gasteiger partial charge is 0.496 e. The SMILES string of the molecule is COc1cccc2c1CCCC2CN(C)CCc1ccc2c(c1)S(=O)(=O)CC2. The van der Waals surface area contributed by atoms with Crippen molar-refractivity contribution in [3.63, 3.8) is 0 Å². The van der Waals surface area contributed by atoms with Crippen LogP contribution in [-0.2, 0) is 29.1 Å². The van der Waals surface area contributed by atoms with E-state index in [4.69, 9.17) is 4.74 Å². The molecule has 0 N–H and O–H groups in total. The number of fused-ring (bicyclic) bond motifs is 2. The number of hydrogen-bond donors (Lipinski definition) is 0. The van der Waals surface area contributed by atoms with E-state index in [-0.39, 0.29) is 5.75 Å². The summed E-state index contributed by atoms with van der Waals surface area (Å²) in [5.74, 6) is 1.81. The summed E-state index contributed by atoms with van der Waals surface area (Å²) in [7, 11) is 0.862. The molecule has 0 aromatic heterocycles. The predicted octanol–water partition coefficient (Wildman–Crippen LogP) is 3.62. The van der Waals surface area contributed by atoms with Crippen LogP contribution < -0.4 is 4.74 Å². The van der Waals surface area contributed by atoms with Gasteiger partial charge < -0.3 is 9.64 Å². The molecule has 0 spiro atoms. The van der Waals surface area contributed by atoms with Crippen molar-refractivity contribution in [2.45, 2.75) is 42.9 Å². The molecule has 28 heavy (non-hydrogen) atoms. The lowest BCUT2D eigenvalue weighted by atomic mass is 9.82. The molecule has 0 fully saturated rings. The van der Waals surface area contributed by atoms with Gasteiger partial charge in [-0.05, 0) is 79.5 Å². The third-order valence-corrected chi connectivity index (χ3v) is 8.02. The molecule has 4 rings (SSSR count). The molecule has 0 radical (unpaired) electrons. The first kappa shape index (κ1) is 19.5. The fraction of sp³-hybridized carbons (Fsp3) is 0.478. The maximum Gasteiger partial charge on any atom is 0.178 e. The molecule has 2 aromatic carbocycles. The van der Waals surface area contributed by atoms with Crippen molar-refractivity contribution in [1.29, 1.82) is 0 Å². The Morgan fingerprint density at radius 2 is 2.04 bits per heavy atom. The van der Waals surface area contributed by atoms with E-state index in [2.05, 4.69) is 36.2 Å². The quantitative estimate of drug-likeness (QED) is 0.744. The van der Waals surface area contributed by atoms with Gasteiger partial charge in [0.1, 0.15) is 5.75 Å². The average molecular weight is 400 g/mol. The number of likely N-dealkylation sites (N-methyl/N-ethyl adjacent to an activating group) is 1. The van der Waals surface area contributed by atoms with Gasteiger partial charge >= 0.3 is 0 Å². The molecule has 1 aliphatic carbocycles. The Morgan fingerprint density at radius 3 is 2.86 bits per heavy atom. The summed E-state index contributed by atoms with van der Waals surface area (Å²) in [5, 5.41) is 0. The zero-order valence-electron chi connectivity index (χ0n) is 16.8. The number of sulfone groups is 1. The van der Waals surface area contributed by atoms with Gasteiger partial charge in [-0.25, -0.2) is 8.42 Å². The van der Waals surface area contributed by atoms with Crippen molar-refractivity contribution in [2.75, 3.05) is 33.0 Å². The number of aryl methyl sites for hydroxylation is 1. The summed E-state index contributed by atoms with van der Waals surface area (Å²) in [6, 6.07) is 12.4. The molecular weight excluding hydrogens is 370 g/mol. The van der Waals surface area contributed by atoms with Crippen LogP contribution in [0.5, 0.6) is 5.75 Å². The Hall–Kier alpha value is -1.85. The molecule has 1 atom stereocenters. The van der Waals surface area contributed by atoms with Gasteiger partial charge in [0.25, 0.3) is 0 Å². The van der Waals surface area contributed by atoms with Crippen molar-refractivity contribution in [3.8, 4) is 5.75 Å². The molecular formula is C23H29NO3S. The fourth-order valence-electron chi connectivity index (χ4n) is 4.69. The van der Waals surface area contributed by atoms with Crippen LogP contribution in [0.2, 0.25) is 0 Å². The molecule has 0 bridgehead atoms. The second-order valence-electron chi connectivity index (χ2n) is 8.14. The van der Waals surface area contributed by atoms with Crippen LogP contribution in [0, 0.1) is 0 Å². The number of rotatable bonds is 6. The highest BCUT2D eigenvalue weighted by atomic mass is 32.2. The molecule has 1 unspecified atom stereocenters. The summed E-state index contributed by atoms with van der Waals surface area (Å²) in [5.41, 5.74) is 4.89. The second kappa shape index (κ2) is 7.88. The third kappa shape index (κ3) is 3.83. The highest BCUT2D eigenvalue weighted by molar-refractivity contribution is 7.91. The minimum absolute atomic E-state index is 0.260. The number of hydrogen-bond acceptors (Lipinski definition) is 4.